The predicted octanol–water partition coefficient (Wildman–Crippen LogP) is 2.67. The molecule has 0 saturated carbocycles. The minimum Gasteiger partial charge on any atom is -0.215 e. The van der Waals surface area contributed by atoms with Gasteiger partial charge in [-0.25, -0.2) is 21.9 Å². The summed E-state index contributed by atoms with van der Waals surface area (Å²) >= 11 is 0. The summed E-state index contributed by atoms with van der Waals surface area (Å²) in [6, 6.07) is 12.9. The topological polar surface area (TPSA) is 46.2 Å². The number of aryl methyl sites for hydroxylation is 1. The third-order valence-corrected chi connectivity index (χ3v) is 4.61. The molecule has 1 N–H and O–H groups in total. The summed E-state index contributed by atoms with van der Waals surface area (Å²) in [5.74, 6) is -1.84. The Balaban J connectivity index is 1.81. The van der Waals surface area contributed by atoms with Crippen molar-refractivity contribution in [1.82, 2.24) is 4.72 Å². The lowest BCUT2D eigenvalue weighted by molar-refractivity contribution is 0.507. The third-order valence-electron chi connectivity index (χ3n) is 3.22. The van der Waals surface area contributed by atoms with Crippen LogP contribution in [0.25, 0.3) is 0 Å². The number of benzene rings is 2. The van der Waals surface area contributed by atoms with Crippen LogP contribution in [0.2, 0.25) is 0 Å². The summed E-state index contributed by atoms with van der Waals surface area (Å²) in [6.07, 6.45) is 0.739. The van der Waals surface area contributed by atoms with Crippen LogP contribution < -0.4 is 4.72 Å². The minimum atomic E-state index is -3.39. The van der Waals surface area contributed by atoms with E-state index in [1.165, 1.54) is 6.07 Å². The third kappa shape index (κ3) is 5.20. The van der Waals surface area contributed by atoms with Crippen molar-refractivity contribution in [1.29, 1.82) is 0 Å². The Morgan fingerprint density at radius 3 is 2.27 bits per heavy atom. The van der Waals surface area contributed by atoms with E-state index in [0.717, 1.165) is 17.7 Å². The first kappa shape index (κ1) is 16.6. The smallest absolute Gasteiger partial charge is 0.211 e. The zero-order valence-electron chi connectivity index (χ0n) is 11.9. The lowest BCUT2D eigenvalue weighted by Gasteiger charge is -2.07. The summed E-state index contributed by atoms with van der Waals surface area (Å²) < 4.78 is 52.0. The van der Waals surface area contributed by atoms with E-state index in [4.69, 9.17) is 0 Å². The highest BCUT2D eigenvalue weighted by Gasteiger charge is 2.10. The summed E-state index contributed by atoms with van der Waals surface area (Å²) in [5.41, 5.74) is 1.50. The van der Waals surface area contributed by atoms with E-state index in [2.05, 4.69) is 4.72 Å². The zero-order chi connectivity index (χ0) is 16.0. The first-order valence-electron chi connectivity index (χ1n) is 6.91. The Hall–Kier alpha value is -1.79. The number of halogens is 2. The SMILES string of the molecule is O=S(=O)(CCc1ccccc1)NCCc1ccc(F)c(F)c1. The molecule has 0 atom stereocenters. The predicted molar refractivity (Wildman–Crippen MR) is 82.0 cm³/mol. The molecule has 6 heteroatoms. The second kappa shape index (κ2) is 7.47. The lowest BCUT2D eigenvalue weighted by Crippen LogP contribution is -2.29. The van der Waals surface area contributed by atoms with Gasteiger partial charge < -0.3 is 0 Å². The number of hydrogen-bond donors (Lipinski definition) is 1. The molecule has 0 aliphatic heterocycles. The molecular weight excluding hydrogens is 308 g/mol. The Kier molecular flexibility index (Phi) is 5.63. The fourth-order valence-electron chi connectivity index (χ4n) is 2.02. The van der Waals surface area contributed by atoms with Gasteiger partial charge >= 0.3 is 0 Å². The maximum atomic E-state index is 13.0. The van der Waals surface area contributed by atoms with Crippen LogP contribution in [0.5, 0.6) is 0 Å². The van der Waals surface area contributed by atoms with E-state index < -0.39 is 21.7 Å². The standard InChI is InChI=1S/C16H17F2NO2S/c17-15-7-6-14(12-16(15)18)8-10-19-22(20,21)11-9-13-4-2-1-3-5-13/h1-7,12,19H,8-11H2. The van der Waals surface area contributed by atoms with Gasteiger partial charge in [0.1, 0.15) is 0 Å². The molecule has 0 spiro atoms. The van der Waals surface area contributed by atoms with Crippen molar-refractivity contribution < 1.29 is 17.2 Å². The summed E-state index contributed by atoms with van der Waals surface area (Å²) in [7, 11) is -3.39. The average Bonchev–Trinajstić information content (AvgIpc) is 2.50. The van der Waals surface area contributed by atoms with Crippen molar-refractivity contribution in [3.05, 3.63) is 71.3 Å². The summed E-state index contributed by atoms with van der Waals surface area (Å²) in [6.45, 7) is 0.155. The maximum Gasteiger partial charge on any atom is 0.211 e. The first-order chi connectivity index (χ1) is 10.5. The molecule has 2 rings (SSSR count). The van der Waals surface area contributed by atoms with Crippen molar-refractivity contribution in [2.45, 2.75) is 12.8 Å². The molecule has 3 nitrogen and oxygen atoms in total. The quantitative estimate of drug-likeness (QED) is 0.851. The Morgan fingerprint density at radius 1 is 0.864 bits per heavy atom. The van der Waals surface area contributed by atoms with Crippen LogP contribution in [-0.2, 0) is 22.9 Å². The van der Waals surface area contributed by atoms with E-state index in [-0.39, 0.29) is 12.3 Å². The van der Waals surface area contributed by atoms with Crippen molar-refractivity contribution >= 4 is 10.0 Å². The van der Waals surface area contributed by atoms with Crippen LogP contribution in [0, 0.1) is 11.6 Å². The minimum absolute atomic E-state index is 0.00517. The van der Waals surface area contributed by atoms with E-state index in [1.54, 1.807) is 0 Å². The van der Waals surface area contributed by atoms with Crippen molar-refractivity contribution in [2.24, 2.45) is 0 Å². The average molecular weight is 325 g/mol. The highest BCUT2D eigenvalue weighted by molar-refractivity contribution is 7.89. The molecule has 0 heterocycles. The number of nitrogens with one attached hydrogen (secondary N) is 1. The molecule has 0 amide bonds. The second-order valence-electron chi connectivity index (χ2n) is 4.95. The zero-order valence-corrected chi connectivity index (χ0v) is 12.7. The van der Waals surface area contributed by atoms with Crippen LogP contribution >= 0.6 is 0 Å². The molecule has 0 fully saturated rings. The Morgan fingerprint density at radius 2 is 1.59 bits per heavy atom. The van der Waals surface area contributed by atoms with Gasteiger partial charge in [-0.05, 0) is 36.1 Å². The Labute approximate surface area is 129 Å². The molecule has 2 aromatic carbocycles. The number of sulfonamides is 1. The molecule has 2 aromatic rings. The van der Waals surface area contributed by atoms with Gasteiger partial charge in [0.25, 0.3) is 0 Å². The van der Waals surface area contributed by atoms with Gasteiger partial charge in [-0.15, -0.1) is 0 Å². The van der Waals surface area contributed by atoms with E-state index in [1.807, 2.05) is 30.3 Å². The van der Waals surface area contributed by atoms with Gasteiger partial charge in [0.15, 0.2) is 11.6 Å². The molecule has 0 aromatic heterocycles. The van der Waals surface area contributed by atoms with Gasteiger partial charge in [0, 0.05) is 6.54 Å². The molecule has 0 unspecified atom stereocenters. The molecule has 0 aliphatic rings. The fraction of sp³-hybridized carbons (Fsp3) is 0.250. The van der Waals surface area contributed by atoms with Crippen LogP contribution in [0.1, 0.15) is 11.1 Å². The monoisotopic (exact) mass is 325 g/mol. The lowest BCUT2D eigenvalue weighted by atomic mass is 10.1. The second-order valence-corrected chi connectivity index (χ2v) is 6.87. The molecular formula is C16H17F2NO2S. The summed E-state index contributed by atoms with van der Waals surface area (Å²) in [5, 5.41) is 0. The molecule has 22 heavy (non-hydrogen) atoms. The summed E-state index contributed by atoms with van der Waals surface area (Å²) in [4.78, 5) is 0. The Bertz CT molecular complexity index is 718. The van der Waals surface area contributed by atoms with Crippen LogP contribution in [-0.4, -0.2) is 20.7 Å². The first-order valence-corrected chi connectivity index (χ1v) is 8.57. The molecule has 0 radical (unpaired) electrons. The normalized spacial score (nSPS) is 11.5. The van der Waals surface area contributed by atoms with Crippen LogP contribution in [0.3, 0.4) is 0 Å². The molecule has 118 valence electrons. The van der Waals surface area contributed by atoms with E-state index in [0.29, 0.717) is 18.4 Å². The van der Waals surface area contributed by atoms with Gasteiger partial charge in [0.05, 0.1) is 5.75 Å². The van der Waals surface area contributed by atoms with E-state index >= 15 is 0 Å². The van der Waals surface area contributed by atoms with Gasteiger partial charge in [-0.2, -0.15) is 0 Å². The van der Waals surface area contributed by atoms with E-state index in [9.17, 15) is 17.2 Å². The van der Waals surface area contributed by atoms with Crippen molar-refractivity contribution in [3.63, 3.8) is 0 Å². The van der Waals surface area contributed by atoms with Crippen molar-refractivity contribution in [3.8, 4) is 0 Å². The highest BCUT2D eigenvalue weighted by atomic mass is 32.2. The number of rotatable bonds is 7. The fourth-order valence-corrected chi connectivity index (χ4v) is 3.08. The van der Waals surface area contributed by atoms with Crippen LogP contribution in [0.15, 0.2) is 48.5 Å². The largest absolute Gasteiger partial charge is 0.215 e. The van der Waals surface area contributed by atoms with Crippen LogP contribution in [0.4, 0.5) is 8.78 Å². The maximum absolute atomic E-state index is 13.0. The highest BCUT2D eigenvalue weighted by Crippen LogP contribution is 2.09. The molecule has 0 aliphatic carbocycles. The molecule has 0 bridgehead atoms. The van der Waals surface area contributed by atoms with Crippen molar-refractivity contribution in [2.75, 3.05) is 12.3 Å². The number of hydrogen-bond acceptors (Lipinski definition) is 2. The van der Waals surface area contributed by atoms with Gasteiger partial charge in [0.2, 0.25) is 10.0 Å². The molecule has 0 saturated heterocycles. The van der Waals surface area contributed by atoms with Gasteiger partial charge in [-0.3, -0.25) is 0 Å². The van der Waals surface area contributed by atoms with Gasteiger partial charge in [-0.1, -0.05) is 36.4 Å².